The van der Waals surface area contributed by atoms with Crippen LogP contribution in [0.5, 0.6) is 0 Å². The molecule has 0 aliphatic rings. The topological polar surface area (TPSA) is 46.9 Å². The molecule has 0 aliphatic carbocycles. The molecule has 1 N–H and O–H groups in total. The maximum Gasteiger partial charge on any atom is 0.332 e. The second-order valence-electron chi connectivity index (χ2n) is 4.57. The number of hydrogen-bond donors (Lipinski definition) is 1. The summed E-state index contributed by atoms with van der Waals surface area (Å²) >= 11 is 6.80. The van der Waals surface area contributed by atoms with Gasteiger partial charge in [-0.3, -0.25) is 4.79 Å². The Hall–Kier alpha value is -2.11. The van der Waals surface area contributed by atoms with E-state index >= 15 is 0 Å². The van der Waals surface area contributed by atoms with E-state index in [4.69, 9.17) is 11.6 Å². The summed E-state index contributed by atoms with van der Waals surface area (Å²) in [5.74, 6) is 0.496. The van der Waals surface area contributed by atoms with Crippen LogP contribution < -0.4 is 10.2 Å². The van der Waals surface area contributed by atoms with E-state index in [9.17, 15) is 4.79 Å². The normalized spacial score (nSPS) is 10.6. The molecular weight excluding hydrogens is 306 g/mol. The molecule has 2 aromatic carbocycles. The molecule has 1 aromatic heterocycles. The largest absolute Gasteiger partial charge is 0.332 e. The first kappa shape index (κ1) is 13.9. The first-order chi connectivity index (χ1) is 10.1. The Kier molecular flexibility index (Phi) is 3.77. The molecule has 0 unspecified atom stereocenters. The molecule has 0 fully saturated rings. The molecule has 0 saturated carbocycles. The van der Waals surface area contributed by atoms with Gasteiger partial charge in [0.2, 0.25) is 5.95 Å². The highest BCUT2D eigenvalue weighted by Crippen LogP contribution is 2.20. The molecule has 0 bridgehead atoms. The first-order valence-electron chi connectivity index (χ1n) is 6.32. The van der Waals surface area contributed by atoms with Crippen LogP contribution in [0.25, 0.3) is 5.69 Å². The Bertz CT molecular complexity index is 806. The van der Waals surface area contributed by atoms with E-state index in [0.29, 0.717) is 11.0 Å². The zero-order chi connectivity index (χ0) is 14.8. The van der Waals surface area contributed by atoms with Gasteiger partial charge in [0.15, 0.2) is 0 Å². The molecule has 21 heavy (non-hydrogen) atoms. The van der Waals surface area contributed by atoms with Crippen molar-refractivity contribution in [3.63, 3.8) is 0 Å². The van der Waals surface area contributed by atoms with Crippen molar-refractivity contribution in [3.05, 3.63) is 68.8 Å². The molecule has 0 saturated heterocycles. The lowest BCUT2D eigenvalue weighted by molar-refractivity contribution is 1.03. The Balaban J connectivity index is 1.99. The van der Waals surface area contributed by atoms with Gasteiger partial charge in [0, 0.05) is 22.2 Å². The van der Waals surface area contributed by atoms with E-state index in [1.54, 1.807) is 24.3 Å². The highest BCUT2D eigenvalue weighted by Gasteiger charge is 2.11. The van der Waals surface area contributed by atoms with E-state index in [2.05, 4.69) is 9.69 Å². The number of benzene rings is 2. The molecule has 106 valence electrons. The van der Waals surface area contributed by atoms with Gasteiger partial charge in [-0.2, -0.15) is 4.37 Å². The van der Waals surface area contributed by atoms with Crippen molar-refractivity contribution in [2.45, 2.75) is 6.92 Å². The van der Waals surface area contributed by atoms with Gasteiger partial charge in [0.05, 0.1) is 5.69 Å². The quantitative estimate of drug-likeness (QED) is 0.794. The predicted octanol–water partition coefficient (Wildman–Crippen LogP) is 4.00. The van der Waals surface area contributed by atoms with Crippen LogP contribution in [0, 0.1) is 6.92 Å². The van der Waals surface area contributed by atoms with Crippen molar-refractivity contribution in [2.24, 2.45) is 0 Å². The Morgan fingerprint density at radius 2 is 1.76 bits per heavy atom. The highest BCUT2D eigenvalue weighted by molar-refractivity contribution is 7.03. The van der Waals surface area contributed by atoms with Gasteiger partial charge in [-0.15, -0.1) is 0 Å². The number of anilines is 2. The fourth-order valence-electron chi connectivity index (χ4n) is 1.91. The minimum atomic E-state index is -0.146. The Labute approximate surface area is 130 Å². The van der Waals surface area contributed by atoms with Crippen molar-refractivity contribution in [3.8, 4) is 5.69 Å². The van der Waals surface area contributed by atoms with Crippen LogP contribution in [0.2, 0.25) is 5.02 Å². The van der Waals surface area contributed by atoms with Gasteiger partial charge in [-0.05, 0) is 43.3 Å². The van der Waals surface area contributed by atoms with Crippen LogP contribution in [-0.2, 0) is 0 Å². The highest BCUT2D eigenvalue weighted by atomic mass is 35.5. The molecule has 3 aromatic rings. The van der Waals surface area contributed by atoms with Crippen LogP contribution in [0.1, 0.15) is 5.56 Å². The second kappa shape index (κ2) is 5.71. The van der Waals surface area contributed by atoms with Gasteiger partial charge < -0.3 is 5.32 Å². The lowest BCUT2D eigenvalue weighted by atomic mass is 10.2. The summed E-state index contributed by atoms with van der Waals surface area (Å²) in [6.45, 7) is 2.02. The molecule has 0 radical (unpaired) electrons. The van der Waals surface area contributed by atoms with Gasteiger partial charge in [-0.25, -0.2) is 4.57 Å². The SMILES string of the molecule is Cc1ccc(Nc2nsc(=O)n2-c2ccc(Cl)cc2)cc1. The fraction of sp³-hybridized carbons (Fsp3) is 0.0667. The lowest BCUT2D eigenvalue weighted by Gasteiger charge is -2.08. The average Bonchev–Trinajstić information content (AvgIpc) is 2.83. The number of rotatable bonds is 3. The first-order valence-corrected chi connectivity index (χ1v) is 7.47. The lowest BCUT2D eigenvalue weighted by Crippen LogP contribution is -2.13. The van der Waals surface area contributed by atoms with Crippen molar-refractivity contribution < 1.29 is 0 Å². The van der Waals surface area contributed by atoms with E-state index in [1.807, 2.05) is 31.2 Å². The minimum Gasteiger partial charge on any atom is -0.324 e. The van der Waals surface area contributed by atoms with E-state index in [-0.39, 0.29) is 4.87 Å². The van der Waals surface area contributed by atoms with Crippen molar-refractivity contribution in [2.75, 3.05) is 5.32 Å². The van der Waals surface area contributed by atoms with Gasteiger partial charge >= 0.3 is 4.87 Å². The standard InChI is InChI=1S/C15H12ClN3OS/c1-10-2-6-12(7-3-10)17-14-18-21-15(20)19(14)13-8-4-11(16)5-9-13/h2-9H,1H3,(H,17,18). The van der Waals surface area contributed by atoms with Crippen LogP contribution >= 0.6 is 23.1 Å². The smallest absolute Gasteiger partial charge is 0.324 e. The minimum absolute atomic E-state index is 0.146. The van der Waals surface area contributed by atoms with Crippen LogP contribution in [-0.4, -0.2) is 8.94 Å². The van der Waals surface area contributed by atoms with Crippen LogP contribution in [0.15, 0.2) is 53.3 Å². The molecule has 0 atom stereocenters. The zero-order valence-corrected chi connectivity index (χ0v) is 12.8. The molecule has 0 aliphatic heterocycles. The van der Waals surface area contributed by atoms with E-state index in [1.165, 1.54) is 10.1 Å². The van der Waals surface area contributed by atoms with Crippen molar-refractivity contribution in [1.82, 2.24) is 8.94 Å². The number of aryl methyl sites for hydroxylation is 1. The maximum atomic E-state index is 12.0. The van der Waals surface area contributed by atoms with E-state index in [0.717, 1.165) is 22.9 Å². The van der Waals surface area contributed by atoms with Gasteiger partial charge in [0.25, 0.3) is 0 Å². The summed E-state index contributed by atoms with van der Waals surface area (Å²) in [5, 5.41) is 3.79. The fourth-order valence-corrected chi connectivity index (χ4v) is 2.60. The molecule has 6 heteroatoms. The van der Waals surface area contributed by atoms with Gasteiger partial charge in [-0.1, -0.05) is 29.3 Å². The van der Waals surface area contributed by atoms with Crippen LogP contribution in [0.3, 0.4) is 0 Å². The Morgan fingerprint density at radius 3 is 2.43 bits per heavy atom. The Morgan fingerprint density at radius 1 is 1.10 bits per heavy atom. The summed E-state index contributed by atoms with van der Waals surface area (Å²) in [6, 6.07) is 15.0. The summed E-state index contributed by atoms with van der Waals surface area (Å²) in [5.41, 5.74) is 2.79. The summed E-state index contributed by atoms with van der Waals surface area (Å²) in [4.78, 5) is 11.9. The third kappa shape index (κ3) is 2.99. The number of hydrogen-bond acceptors (Lipinski definition) is 4. The number of nitrogens with one attached hydrogen (secondary N) is 1. The summed E-state index contributed by atoms with van der Waals surface area (Å²) in [7, 11) is 0. The van der Waals surface area contributed by atoms with Crippen molar-refractivity contribution in [1.29, 1.82) is 0 Å². The maximum absolute atomic E-state index is 12.0. The number of aromatic nitrogens is 2. The predicted molar refractivity (Wildman–Crippen MR) is 87.2 cm³/mol. The molecule has 1 heterocycles. The summed E-state index contributed by atoms with van der Waals surface area (Å²) < 4.78 is 5.71. The molecule has 3 rings (SSSR count). The summed E-state index contributed by atoms with van der Waals surface area (Å²) in [6.07, 6.45) is 0. The van der Waals surface area contributed by atoms with E-state index < -0.39 is 0 Å². The third-order valence-electron chi connectivity index (χ3n) is 3.00. The zero-order valence-electron chi connectivity index (χ0n) is 11.2. The van der Waals surface area contributed by atoms with Crippen molar-refractivity contribution >= 4 is 34.8 Å². The molecule has 0 spiro atoms. The molecule has 0 amide bonds. The molecule has 4 nitrogen and oxygen atoms in total. The average molecular weight is 318 g/mol. The number of nitrogens with zero attached hydrogens (tertiary/aromatic N) is 2. The number of halogens is 1. The van der Waals surface area contributed by atoms with Gasteiger partial charge in [0.1, 0.15) is 0 Å². The molecular formula is C15H12ClN3OS. The second-order valence-corrected chi connectivity index (χ2v) is 5.73. The monoisotopic (exact) mass is 317 g/mol. The van der Waals surface area contributed by atoms with Crippen LogP contribution in [0.4, 0.5) is 11.6 Å². The third-order valence-corrected chi connectivity index (χ3v) is 3.85.